The maximum atomic E-state index is 12.2. The Balaban J connectivity index is 2.00. The van der Waals surface area contributed by atoms with E-state index in [0.717, 1.165) is 24.8 Å². The first kappa shape index (κ1) is 20.3. The Morgan fingerprint density at radius 2 is 1.88 bits per heavy atom. The van der Waals surface area contributed by atoms with Crippen molar-refractivity contribution in [2.45, 2.75) is 50.2 Å². The fraction of sp³-hybridized carbons (Fsp3) is 0.500. The summed E-state index contributed by atoms with van der Waals surface area (Å²) in [6, 6.07) is 5.78. The fourth-order valence-corrected chi connectivity index (χ4v) is 3.36. The summed E-state index contributed by atoms with van der Waals surface area (Å²) in [6.45, 7) is 0. The molecule has 0 spiro atoms. The lowest BCUT2D eigenvalue weighted by molar-refractivity contribution is -0.139. The molecule has 3 N–H and O–H groups in total. The number of nitrogens with one attached hydrogen (secondary N) is 1. The first-order chi connectivity index (χ1) is 12.4. The highest BCUT2D eigenvalue weighted by Gasteiger charge is 2.26. The quantitative estimate of drug-likeness (QED) is 0.666. The maximum Gasteiger partial charge on any atom is 0.326 e. The Kier molecular flexibility index (Phi) is 7.55. The number of rotatable bonds is 6. The minimum atomic E-state index is -1.03. The number of carbonyl (C=O) groups excluding carboxylic acids is 1. The summed E-state index contributed by atoms with van der Waals surface area (Å²) in [7, 11) is 0. The van der Waals surface area contributed by atoms with Crippen LogP contribution in [0.25, 0.3) is 0 Å². The van der Waals surface area contributed by atoms with Gasteiger partial charge in [0.15, 0.2) is 0 Å². The van der Waals surface area contributed by atoms with E-state index in [1.165, 1.54) is 11.8 Å². The van der Waals surface area contributed by atoms with Gasteiger partial charge in [-0.1, -0.05) is 18.3 Å². The number of carboxylic acids is 1. The number of carbonyl (C=O) groups is 2. The van der Waals surface area contributed by atoms with Crippen molar-refractivity contribution in [1.29, 1.82) is 0 Å². The van der Waals surface area contributed by atoms with Gasteiger partial charge >= 0.3 is 5.97 Å². The van der Waals surface area contributed by atoms with Gasteiger partial charge in [0.25, 0.3) is 5.91 Å². The van der Waals surface area contributed by atoms with Crippen LogP contribution in [0.4, 0.5) is 0 Å². The largest absolute Gasteiger partial charge is 0.480 e. The molecule has 1 aromatic carbocycles. The third-order valence-electron chi connectivity index (χ3n) is 4.48. The smallest absolute Gasteiger partial charge is 0.326 e. The highest BCUT2D eigenvalue weighted by atomic mass is 32.2. The minimum absolute atomic E-state index is 0.379. The van der Waals surface area contributed by atoms with Gasteiger partial charge < -0.3 is 15.5 Å². The molecule has 1 aliphatic carbocycles. The molecule has 1 atom stereocenters. The molecular formula is C20H25NO4S. The summed E-state index contributed by atoms with van der Waals surface area (Å²) in [5.41, 5.74) is 0.209. The molecule has 1 aliphatic rings. The van der Waals surface area contributed by atoms with E-state index >= 15 is 0 Å². The van der Waals surface area contributed by atoms with Crippen LogP contribution in [0.15, 0.2) is 24.3 Å². The molecule has 1 aromatic rings. The first-order valence-corrected chi connectivity index (χ1v) is 10.2. The fourth-order valence-electron chi connectivity index (χ4n) is 2.89. The van der Waals surface area contributed by atoms with Gasteiger partial charge in [-0.15, -0.1) is 0 Å². The van der Waals surface area contributed by atoms with E-state index in [-0.39, 0.29) is 0 Å². The van der Waals surface area contributed by atoms with Crippen LogP contribution in [0.3, 0.4) is 0 Å². The lowest BCUT2D eigenvalue weighted by Crippen LogP contribution is -2.41. The van der Waals surface area contributed by atoms with Gasteiger partial charge in [-0.05, 0) is 68.4 Å². The first-order valence-electron chi connectivity index (χ1n) is 8.82. The second-order valence-electron chi connectivity index (χ2n) is 6.57. The second kappa shape index (κ2) is 9.65. The third kappa shape index (κ3) is 6.08. The van der Waals surface area contributed by atoms with E-state index in [2.05, 4.69) is 17.2 Å². The SMILES string of the molecule is CSCC[C@H](NC(=O)c1ccc(C#CC2(O)CCCCC2)cc1)C(=O)O. The lowest BCUT2D eigenvalue weighted by Gasteiger charge is -2.26. The van der Waals surface area contributed by atoms with Gasteiger partial charge in [0.1, 0.15) is 11.6 Å². The third-order valence-corrected chi connectivity index (χ3v) is 5.13. The van der Waals surface area contributed by atoms with Crippen molar-refractivity contribution in [2.75, 3.05) is 12.0 Å². The highest BCUT2D eigenvalue weighted by molar-refractivity contribution is 7.98. The average molecular weight is 375 g/mol. The van der Waals surface area contributed by atoms with Crippen LogP contribution < -0.4 is 5.32 Å². The number of amides is 1. The van der Waals surface area contributed by atoms with Gasteiger partial charge in [-0.3, -0.25) is 4.79 Å². The molecule has 0 radical (unpaired) electrons. The van der Waals surface area contributed by atoms with Gasteiger partial charge in [0.05, 0.1) is 0 Å². The van der Waals surface area contributed by atoms with Crippen molar-refractivity contribution in [1.82, 2.24) is 5.32 Å². The van der Waals surface area contributed by atoms with Crippen LogP contribution in [-0.2, 0) is 4.79 Å². The van der Waals surface area contributed by atoms with Crippen LogP contribution in [0, 0.1) is 11.8 Å². The Hall–Kier alpha value is -1.97. The number of thioether (sulfide) groups is 1. The normalized spacial score (nSPS) is 16.8. The summed E-state index contributed by atoms with van der Waals surface area (Å²) in [4.78, 5) is 23.5. The molecule has 1 fully saturated rings. The summed E-state index contributed by atoms with van der Waals surface area (Å²) in [5, 5.41) is 22.1. The summed E-state index contributed by atoms with van der Waals surface area (Å²) >= 11 is 1.54. The summed E-state index contributed by atoms with van der Waals surface area (Å²) in [6.07, 6.45) is 6.80. The van der Waals surface area contributed by atoms with Crippen LogP contribution in [-0.4, -0.2) is 45.7 Å². The molecule has 26 heavy (non-hydrogen) atoms. The monoisotopic (exact) mass is 375 g/mol. The number of aliphatic hydroxyl groups is 1. The van der Waals surface area contributed by atoms with Crippen molar-refractivity contribution < 1.29 is 19.8 Å². The molecule has 6 heteroatoms. The van der Waals surface area contributed by atoms with Crippen LogP contribution in [0.2, 0.25) is 0 Å². The molecule has 0 heterocycles. The molecule has 0 aliphatic heterocycles. The molecule has 0 bridgehead atoms. The minimum Gasteiger partial charge on any atom is -0.480 e. The van der Waals surface area contributed by atoms with Crippen LogP contribution >= 0.6 is 11.8 Å². The van der Waals surface area contributed by atoms with Crippen molar-refractivity contribution in [3.05, 3.63) is 35.4 Å². The number of hydrogen-bond donors (Lipinski definition) is 3. The van der Waals surface area contributed by atoms with E-state index in [9.17, 15) is 19.8 Å². The number of hydrogen-bond acceptors (Lipinski definition) is 4. The zero-order valence-corrected chi connectivity index (χ0v) is 15.8. The van der Waals surface area contributed by atoms with Crippen LogP contribution in [0.1, 0.15) is 54.4 Å². The predicted octanol–water partition coefficient (Wildman–Crippen LogP) is 2.67. The van der Waals surface area contributed by atoms with E-state index < -0.39 is 23.5 Å². The standard InChI is InChI=1S/C20H25NO4S/c1-26-14-10-17(19(23)24)21-18(22)16-7-5-15(6-8-16)9-13-20(25)11-3-2-4-12-20/h5-8,17,25H,2-4,10-12,14H2,1H3,(H,21,22)(H,23,24)/t17-/m0/s1. The van der Waals surface area contributed by atoms with Crippen molar-refractivity contribution in [2.24, 2.45) is 0 Å². The Morgan fingerprint density at radius 3 is 2.46 bits per heavy atom. The molecule has 2 rings (SSSR count). The molecule has 0 aromatic heterocycles. The summed E-state index contributed by atoms with van der Waals surface area (Å²) < 4.78 is 0. The van der Waals surface area contributed by atoms with E-state index in [1.54, 1.807) is 24.3 Å². The second-order valence-corrected chi connectivity index (χ2v) is 7.55. The zero-order valence-electron chi connectivity index (χ0n) is 15.0. The van der Waals surface area contributed by atoms with Gasteiger partial charge in [-0.25, -0.2) is 4.79 Å². The van der Waals surface area contributed by atoms with E-state index in [4.69, 9.17) is 0 Å². The Labute approximate surface area is 158 Å². The molecule has 1 saturated carbocycles. The predicted molar refractivity (Wildman–Crippen MR) is 103 cm³/mol. The van der Waals surface area contributed by atoms with E-state index in [0.29, 0.717) is 30.6 Å². The highest BCUT2D eigenvalue weighted by Crippen LogP contribution is 2.27. The van der Waals surface area contributed by atoms with Crippen LogP contribution in [0.5, 0.6) is 0 Å². The van der Waals surface area contributed by atoms with Gasteiger partial charge in [0.2, 0.25) is 0 Å². The lowest BCUT2D eigenvalue weighted by atomic mass is 9.85. The topological polar surface area (TPSA) is 86.6 Å². The molecule has 0 unspecified atom stereocenters. The molecule has 0 saturated heterocycles. The van der Waals surface area contributed by atoms with Gasteiger partial charge in [-0.2, -0.15) is 11.8 Å². The Bertz CT molecular complexity index is 684. The number of carboxylic acid groups (broad SMARTS) is 1. The number of benzene rings is 1. The maximum absolute atomic E-state index is 12.2. The number of aliphatic carboxylic acids is 1. The summed E-state index contributed by atoms with van der Waals surface area (Å²) in [5.74, 6) is 5.15. The van der Waals surface area contributed by atoms with Gasteiger partial charge in [0, 0.05) is 11.1 Å². The van der Waals surface area contributed by atoms with Crippen molar-refractivity contribution in [3.8, 4) is 11.8 Å². The zero-order chi connectivity index (χ0) is 19.0. The molecule has 140 valence electrons. The average Bonchev–Trinajstić information content (AvgIpc) is 2.64. The van der Waals surface area contributed by atoms with Crippen molar-refractivity contribution >= 4 is 23.6 Å². The molecule has 1 amide bonds. The van der Waals surface area contributed by atoms with E-state index in [1.807, 2.05) is 6.26 Å². The van der Waals surface area contributed by atoms with Crippen molar-refractivity contribution in [3.63, 3.8) is 0 Å². The molecular weight excluding hydrogens is 350 g/mol. The molecule has 5 nitrogen and oxygen atoms in total. The Morgan fingerprint density at radius 1 is 1.23 bits per heavy atom.